The molecule has 0 amide bonds. The second-order valence-corrected chi connectivity index (χ2v) is 28.8. The van der Waals surface area contributed by atoms with Crippen LogP contribution in [0.15, 0.2) is 109 Å². The van der Waals surface area contributed by atoms with Crippen LogP contribution in [0.4, 0.5) is 0 Å². The summed E-state index contributed by atoms with van der Waals surface area (Å²) in [6.45, 7) is 4.56. The van der Waals surface area contributed by atoms with Crippen LogP contribution in [0.25, 0.3) is 0 Å². The van der Waals surface area contributed by atoms with E-state index in [-0.39, 0.29) is 25.7 Å². The third-order valence-electron chi connectivity index (χ3n) is 16.2. The number of ether oxygens (including phenoxy) is 4. The summed E-state index contributed by atoms with van der Waals surface area (Å²) in [5.74, 6) is -2.21. The van der Waals surface area contributed by atoms with E-state index < -0.39 is 97.5 Å². The minimum absolute atomic E-state index is 0.0742. The van der Waals surface area contributed by atoms with Crippen molar-refractivity contribution in [1.82, 2.24) is 0 Å². The van der Waals surface area contributed by atoms with Crippen LogP contribution in [0.5, 0.6) is 0 Å². The maximum atomic E-state index is 13.1. The first-order valence-electron chi connectivity index (χ1n) is 39.1. The predicted molar refractivity (Wildman–Crippen MR) is 408 cm³/mol. The van der Waals surface area contributed by atoms with Crippen molar-refractivity contribution in [1.29, 1.82) is 0 Å². The zero-order valence-corrected chi connectivity index (χ0v) is 64.6. The molecule has 0 fully saturated rings. The van der Waals surface area contributed by atoms with Crippen molar-refractivity contribution in [3.63, 3.8) is 0 Å². The van der Waals surface area contributed by atoms with Gasteiger partial charge >= 0.3 is 39.5 Å². The van der Waals surface area contributed by atoms with Gasteiger partial charge in [-0.2, -0.15) is 0 Å². The van der Waals surface area contributed by atoms with Gasteiger partial charge in [-0.1, -0.05) is 285 Å². The van der Waals surface area contributed by atoms with Gasteiger partial charge in [0.25, 0.3) is 0 Å². The van der Waals surface area contributed by atoms with Crippen LogP contribution in [-0.2, 0) is 65.4 Å². The van der Waals surface area contributed by atoms with Crippen LogP contribution in [0, 0.1) is 0 Å². The van der Waals surface area contributed by atoms with Gasteiger partial charge in [0.1, 0.15) is 19.3 Å². The molecule has 0 saturated carbocycles. The van der Waals surface area contributed by atoms with E-state index in [4.69, 9.17) is 37.0 Å². The number of carbonyl (C=O) groups excluding carboxylic acids is 4. The largest absolute Gasteiger partial charge is 0.472 e. The molecular formula is C81H140O17P2. The quantitative estimate of drug-likeness (QED) is 0.0169. The van der Waals surface area contributed by atoms with E-state index >= 15 is 0 Å². The van der Waals surface area contributed by atoms with Crippen LogP contribution < -0.4 is 0 Å². The molecule has 0 aromatic rings. The Morgan fingerprint density at radius 3 is 0.840 bits per heavy atom. The lowest BCUT2D eigenvalue weighted by Gasteiger charge is -2.21. The summed E-state index contributed by atoms with van der Waals surface area (Å²) >= 11 is 0. The number of carbonyl (C=O) groups is 4. The minimum atomic E-state index is -4.98. The van der Waals surface area contributed by atoms with Crippen molar-refractivity contribution in [2.24, 2.45) is 0 Å². The molecule has 0 heterocycles. The Balaban J connectivity index is 5.34. The first-order valence-corrected chi connectivity index (χ1v) is 42.1. The summed E-state index contributed by atoms with van der Waals surface area (Å²) in [6, 6.07) is 0. The standard InChI is InChI=1S/C81H140O17P2/c1-5-9-13-17-21-25-29-33-35-36-37-38-40-44-46-50-54-58-62-66-79(84)92-72-77(98-81(86)68-64-60-56-52-48-42-32-28-24-20-16-12-8-4)74-96-100(89,90)94-70-75(82)69-93-99(87,88)95-73-76(97-80(85)67-63-59-55-51-47-41-31-27-23-19-15-11-7-3)71-91-78(83)65-61-57-53-49-45-43-39-34-30-26-22-18-14-10-6-2/h9-10,13-15,19,21-22,25-27,31,33-35,37-39,75-77,82H,5-8,11-12,16-18,20,23-24,28-30,32,36,40-74H2,1-4H3,(H,87,88)(H,89,90)/b13-9-,14-10-,19-15-,25-21-,26-22-,31-27-,35-33-,38-37-,39-34-. The molecule has 17 nitrogen and oxygen atoms in total. The Hall–Kier alpha value is -4.28. The molecule has 0 bridgehead atoms. The highest BCUT2D eigenvalue weighted by Crippen LogP contribution is 2.45. The van der Waals surface area contributed by atoms with Crippen LogP contribution in [0.3, 0.4) is 0 Å². The van der Waals surface area contributed by atoms with Gasteiger partial charge in [0.2, 0.25) is 0 Å². The molecule has 0 radical (unpaired) electrons. The normalized spacial score (nSPS) is 14.5. The predicted octanol–water partition coefficient (Wildman–Crippen LogP) is 22.6. The number of phosphoric ester groups is 2. The Labute approximate surface area is 607 Å². The van der Waals surface area contributed by atoms with Gasteiger partial charge in [0.05, 0.1) is 26.4 Å². The minimum Gasteiger partial charge on any atom is -0.462 e. The molecule has 0 aromatic carbocycles. The van der Waals surface area contributed by atoms with Gasteiger partial charge in [-0.3, -0.25) is 37.3 Å². The second-order valence-electron chi connectivity index (χ2n) is 25.9. The summed E-state index contributed by atoms with van der Waals surface area (Å²) in [7, 11) is -9.96. The molecule has 0 aliphatic carbocycles. The van der Waals surface area contributed by atoms with E-state index in [9.17, 15) is 43.2 Å². The fraction of sp³-hybridized carbons (Fsp3) is 0.728. The molecule has 0 aromatic heterocycles. The number of hydrogen-bond donors (Lipinski definition) is 3. The summed E-state index contributed by atoms with van der Waals surface area (Å²) in [6.07, 6.45) is 77.8. The average molecular weight is 1450 g/mol. The monoisotopic (exact) mass is 1450 g/mol. The van der Waals surface area contributed by atoms with E-state index in [2.05, 4.69) is 137 Å². The zero-order chi connectivity index (χ0) is 73.2. The van der Waals surface area contributed by atoms with Gasteiger partial charge in [0.15, 0.2) is 12.2 Å². The molecule has 0 saturated heterocycles. The third kappa shape index (κ3) is 72.1. The highest BCUT2D eigenvalue weighted by Gasteiger charge is 2.30. The number of aliphatic hydroxyl groups is 1. The molecule has 5 atom stereocenters. The van der Waals surface area contributed by atoms with Gasteiger partial charge in [-0.15, -0.1) is 0 Å². The fourth-order valence-electron chi connectivity index (χ4n) is 10.3. The Morgan fingerprint density at radius 2 is 0.540 bits per heavy atom. The van der Waals surface area contributed by atoms with Crippen molar-refractivity contribution in [2.75, 3.05) is 39.6 Å². The number of allylic oxidation sites excluding steroid dienone is 18. The first-order chi connectivity index (χ1) is 48.7. The van der Waals surface area contributed by atoms with Crippen LogP contribution >= 0.6 is 15.6 Å². The molecule has 5 unspecified atom stereocenters. The Bertz CT molecular complexity index is 2320. The van der Waals surface area contributed by atoms with E-state index in [1.807, 2.05) is 0 Å². The Morgan fingerprint density at radius 1 is 0.290 bits per heavy atom. The van der Waals surface area contributed by atoms with Gasteiger partial charge in [-0.05, 0) is 122 Å². The van der Waals surface area contributed by atoms with Crippen molar-refractivity contribution >= 4 is 39.5 Å². The van der Waals surface area contributed by atoms with Crippen LogP contribution in [0.2, 0.25) is 0 Å². The summed E-state index contributed by atoms with van der Waals surface area (Å²) in [5.41, 5.74) is 0. The molecule has 3 N–H and O–H groups in total. The van der Waals surface area contributed by atoms with E-state index in [1.54, 1.807) is 0 Å². The van der Waals surface area contributed by atoms with Crippen molar-refractivity contribution in [2.45, 2.75) is 341 Å². The molecule has 576 valence electrons. The second kappa shape index (κ2) is 73.0. The lowest BCUT2D eigenvalue weighted by Crippen LogP contribution is -2.30. The molecule has 0 aliphatic rings. The van der Waals surface area contributed by atoms with E-state index in [1.165, 1.54) is 51.4 Å². The highest BCUT2D eigenvalue weighted by molar-refractivity contribution is 7.47. The van der Waals surface area contributed by atoms with Crippen molar-refractivity contribution < 1.29 is 80.2 Å². The molecule has 0 rings (SSSR count). The number of phosphoric acid groups is 2. The number of esters is 4. The van der Waals surface area contributed by atoms with Gasteiger partial charge in [0, 0.05) is 25.7 Å². The summed E-state index contributed by atoms with van der Waals surface area (Å²) in [4.78, 5) is 72.9. The maximum absolute atomic E-state index is 13.1. The van der Waals surface area contributed by atoms with Gasteiger partial charge in [-0.25, -0.2) is 9.13 Å². The van der Waals surface area contributed by atoms with Crippen molar-refractivity contribution in [3.05, 3.63) is 109 Å². The third-order valence-corrected chi connectivity index (χ3v) is 18.1. The number of rotatable bonds is 73. The number of aliphatic hydroxyl groups excluding tert-OH is 1. The molecule has 0 spiro atoms. The van der Waals surface area contributed by atoms with E-state index in [0.717, 1.165) is 193 Å². The fourth-order valence-corrected chi connectivity index (χ4v) is 11.9. The molecule has 0 aliphatic heterocycles. The lowest BCUT2D eigenvalue weighted by atomic mass is 10.0. The topological polar surface area (TPSA) is 237 Å². The summed E-state index contributed by atoms with van der Waals surface area (Å²) in [5, 5.41) is 10.6. The molecule has 19 heteroatoms. The molecular weight excluding hydrogens is 1310 g/mol. The van der Waals surface area contributed by atoms with Gasteiger partial charge < -0.3 is 33.8 Å². The van der Waals surface area contributed by atoms with Crippen LogP contribution in [0.1, 0.15) is 323 Å². The first kappa shape index (κ1) is 95.7. The molecule has 100 heavy (non-hydrogen) atoms. The highest BCUT2D eigenvalue weighted by atomic mass is 31.2. The number of hydrogen-bond acceptors (Lipinski definition) is 15. The maximum Gasteiger partial charge on any atom is 0.472 e. The average Bonchev–Trinajstić information content (AvgIpc) is 0.935. The van der Waals surface area contributed by atoms with E-state index in [0.29, 0.717) is 25.7 Å². The zero-order valence-electron chi connectivity index (χ0n) is 62.8. The Kier molecular flexibility index (Phi) is 69.9. The SMILES string of the molecule is CC/C=C\C/C=C\C/C=C\C/C=C\CCCCCCCCC(=O)OCC(COP(=O)(O)OCC(O)COP(=O)(O)OCC(COC(=O)CCCCCCC/C=C\C/C=C\C/C=C\CC)OC(=O)CCCCCCC/C=C\C/C=C\CCC)OC(=O)CCCCCCCCCCCCCCC. The van der Waals surface area contributed by atoms with Crippen LogP contribution in [-0.4, -0.2) is 96.7 Å². The number of unbranched alkanes of at least 4 members (excludes halogenated alkanes) is 29. The summed E-state index contributed by atoms with van der Waals surface area (Å²) < 4.78 is 68.5. The lowest BCUT2D eigenvalue weighted by molar-refractivity contribution is -0.161. The van der Waals surface area contributed by atoms with Crippen molar-refractivity contribution in [3.8, 4) is 0 Å². The smallest absolute Gasteiger partial charge is 0.462 e.